The first kappa shape index (κ1) is 13.7. The lowest BCUT2D eigenvalue weighted by Crippen LogP contribution is -2.31. The molecule has 0 heterocycles. The predicted molar refractivity (Wildman–Crippen MR) is 73.2 cm³/mol. The highest BCUT2D eigenvalue weighted by Gasteiger charge is 2.21. The third-order valence-corrected chi connectivity index (χ3v) is 3.84. The zero-order valence-electron chi connectivity index (χ0n) is 11.2. The normalized spacial score (nSPS) is 23.0. The number of aromatic hydroxyl groups is 2. The van der Waals surface area contributed by atoms with E-state index in [2.05, 4.69) is 12.2 Å². The Labute approximate surface area is 113 Å². The summed E-state index contributed by atoms with van der Waals surface area (Å²) in [5.74, 6) is 0.438. The van der Waals surface area contributed by atoms with Gasteiger partial charge in [0.05, 0.1) is 0 Å². The molecule has 1 aliphatic carbocycles. The SMILES string of the molecule is CC1CCCC(CNC(=O)c2c(O)cccc2O)C1. The molecule has 1 aliphatic rings. The number of hydrogen-bond donors (Lipinski definition) is 3. The quantitative estimate of drug-likeness (QED) is 0.785. The number of rotatable bonds is 3. The molecule has 104 valence electrons. The Balaban J connectivity index is 1.94. The van der Waals surface area contributed by atoms with Crippen molar-refractivity contribution in [1.82, 2.24) is 5.32 Å². The lowest BCUT2D eigenvalue weighted by Gasteiger charge is -2.26. The van der Waals surface area contributed by atoms with Gasteiger partial charge in [-0.3, -0.25) is 4.79 Å². The van der Waals surface area contributed by atoms with E-state index in [0.29, 0.717) is 18.4 Å². The summed E-state index contributed by atoms with van der Waals surface area (Å²) in [4.78, 5) is 12.0. The topological polar surface area (TPSA) is 69.6 Å². The minimum Gasteiger partial charge on any atom is -0.507 e. The number of nitrogens with one attached hydrogen (secondary N) is 1. The van der Waals surface area contributed by atoms with Crippen LogP contribution in [0.25, 0.3) is 0 Å². The molecule has 4 nitrogen and oxygen atoms in total. The fourth-order valence-electron chi connectivity index (χ4n) is 2.83. The molecule has 1 saturated carbocycles. The number of carbonyl (C=O) groups is 1. The van der Waals surface area contributed by atoms with E-state index in [4.69, 9.17) is 0 Å². The maximum Gasteiger partial charge on any atom is 0.258 e. The molecule has 2 atom stereocenters. The van der Waals surface area contributed by atoms with Crippen molar-refractivity contribution in [1.29, 1.82) is 0 Å². The van der Waals surface area contributed by atoms with Gasteiger partial charge in [0.25, 0.3) is 5.91 Å². The highest BCUT2D eigenvalue weighted by Crippen LogP contribution is 2.29. The molecule has 0 radical (unpaired) electrons. The summed E-state index contributed by atoms with van der Waals surface area (Å²) in [6, 6.07) is 4.30. The minimum atomic E-state index is -0.408. The molecule has 0 spiro atoms. The summed E-state index contributed by atoms with van der Waals surface area (Å²) in [5.41, 5.74) is -0.0358. The first-order valence-corrected chi connectivity index (χ1v) is 6.87. The Kier molecular flexibility index (Phi) is 4.30. The van der Waals surface area contributed by atoms with E-state index in [1.54, 1.807) is 0 Å². The number of phenols is 2. The van der Waals surface area contributed by atoms with Crippen LogP contribution in [0.1, 0.15) is 43.0 Å². The first-order chi connectivity index (χ1) is 9.08. The van der Waals surface area contributed by atoms with Crippen molar-refractivity contribution >= 4 is 5.91 Å². The molecule has 0 aromatic heterocycles. The Hall–Kier alpha value is -1.71. The van der Waals surface area contributed by atoms with Crippen LogP contribution in [0.4, 0.5) is 0 Å². The largest absolute Gasteiger partial charge is 0.507 e. The van der Waals surface area contributed by atoms with Crippen molar-refractivity contribution in [3.63, 3.8) is 0 Å². The van der Waals surface area contributed by atoms with Gasteiger partial charge in [0.1, 0.15) is 17.1 Å². The number of benzene rings is 1. The summed E-state index contributed by atoms with van der Waals surface area (Å²) in [7, 11) is 0. The van der Waals surface area contributed by atoms with Gasteiger partial charge in [-0.1, -0.05) is 25.8 Å². The highest BCUT2D eigenvalue weighted by atomic mass is 16.3. The molecule has 2 rings (SSSR count). The molecule has 19 heavy (non-hydrogen) atoms. The van der Waals surface area contributed by atoms with Gasteiger partial charge in [-0.2, -0.15) is 0 Å². The highest BCUT2D eigenvalue weighted by molar-refractivity contribution is 5.99. The summed E-state index contributed by atoms with van der Waals surface area (Å²) < 4.78 is 0. The molecule has 1 fully saturated rings. The van der Waals surface area contributed by atoms with Crippen LogP contribution in [0.15, 0.2) is 18.2 Å². The Bertz CT molecular complexity index is 438. The Morgan fingerprint density at radius 1 is 1.32 bits per heavy atom. The fraction of sp³-hybridized carbons (Fsp3) is 0.533. The third-order valence-electron chi connectivity index (χ3n) is 3.84. The van der Waals surface area contributed by atoms with Crippen molar-refractivity contribution in [3.8, 4) is 11.5 Å². The van der Waals surface area contributed by atoms with E-state index in [9.17, 15) is 15.0 Å². The van der Waals surface area contributed by atoms with Gasteiger partial charge >= 0.3 is 0 Å². The van der Waals surface area contributed by atoms with Gasteiger partial charge in [-0.15, -0.1) is 0 Å². The van der Waals surface area contributed by atoms with Crippen LogP contribution in [0.2, 0.25) is 0 Å². The first-order valence-electron chi connectivity index (χ1n) is 6.87. The zero-order chi connectivity index (χ0) is 13.8. The molecule has 0 bridgehead atoms. The van der Waals surface area contributed by atoms with Crippen molar-refractivity contribution in [2.45, 2.75) is 32.6 Å². The second-order valence-corrected chi connectivity index (χ2v) is 5.52. The molecule has 2 unspecified atom stereocenters. The van der Waals surface area contributed by atoms with Gasteiger partial charge in [-0.05, 0) is 36.8 Å². The molecule has 3 N–H and O–H groups in total. The Morgan fingerprint density at radius 3 is 2.63 bits per heavy atom. The molecular formula is C15H21NO3. The molecule has 4 heteroatoms. The number of carbonyl (C=O) groups excluding carboxylic acids is 1. The average Bonchev–Trinajstić information content (AvgIpc) is 2.36. The van der Waals surface area contributed by atoms with Crippen molar-refractivity contribution in [2.24, 2.45) is 11.8 Å². The van der Waals surface area contributed by atoms with Crippen LogP contribution in [0.3, 0.4) is 0 Å². The van der Waals surface area contributed by atoms with Gasteiger partial charge in [0.2, 0.25) is 0 Å². The van der Waals surface area contributed by atoms with Crippen LogP contribution >= 0.6 is 0 Å². The van der Waals surface area contributed by atoms with Gasteiger partial charge in [-0.25, -0.2) is 0 Å². The van der Waals surface area contributed by atoms with Crippen LogP contribution in [0, 0.1) is 11.8 Å². The van der Waals surface area contributed by atoms with Crippen LogP contribution in [-0.4, -0.2) is 22.7 Å². The lowest BCUT2D eigenvalue weighted by molar-refractivity contribution is 0.0935. The smallest absolute Gasteiger partial charge is 0.258 e. The van der Waals surface area contributed by atoms with Crippen LogP contribution < -0.4 is 5.32 Å². The molecule has 1 amide bonds. The Morgan fingerprint density at radius 2 is 2.00 bits per heavy atom. The number of phenolic OH excluding ortho intramolecular Hbond substituents is 2. The van der Waals surface area contributed by atoms with E-state index in [0.717, 1.165) is 12.8 Å². The summed E-state index contributed by atoms with van der Waals surface area (Å²) in [6.45, 7) is 2.85. The maximum absolute atomic E-state index is 12.0. The van der Waals surface area contributed by atoms with Crippen LogP contribution in [-0.2, 0) is 0 Å². The molecule has 1 aromatic rings. The second-order valence-electron chi connectivity index (χ2n) is 5.52. The maximum atomic E-state index is 12.0. The van der Waals surface area contributed by atoms with Gasteiger partial charge in [0, 0.05) is 6.54 Å². The molecule has 1 aromatic carbocycles. The standard InChI is InChI=1S/C15H21NO3/c1-10-4-2-5-11(8-10)9-16-15(19)14-12(17)6-3-7-13(14)18/h3,6-7,10-11,17-18H,2,4-5,8-9H2,1H3,(H,16,19). The zero-order valence-corrected chi connectivity index (χ0v) is 11.2. The van der Waals surface area contributed by atoms with E-state index < -0.39 is 5.91 Å². The monoisotopic (exact) mass is 263 g/mol. The molecule has 0 saturated heterocycles. The van der Waals surface area contributed by atoms with E-state index in [1.165, 1.54) is 31.0 Å². The van der Waals surface area contributed by atoms with E-state index in [1.807, 2.05) is 0 Å². The lowest BCUT2D eigenvalue weighted by atomic mass is 9.82. The molecule has 0 aliphatic heterocycles. The second kappa shape index (κ2) is 5.95. The van der Waals surface area contributed by atoms with Crippen LogP contribution in [0.5, 0.6) is 11.5 Å². The predicted octanol–water partition coefficient (Wildman–Crippen LogP) is 2.65. The summed E-state index contributed by atoms with van der Waals surface area (Å²) in [5, 5.41) is 22.1. The minimum absolute atomic E-state index is 0.0358. The van der Waals surface area contributed by atoms with Crippen molar-refractivity contribution in [2.75, 3.05) is 6.54 Å². The van der Waals surface area contributed by atoms with E-state index in [-0.39, 0.29) is 17.1 Å². The van der Waals surface area contributed by atoms with E-state index >= 15 is 0 Å². The average molecular weight is 263 g/mol. The fourth-order valence-corrected chi connectivity index (χ4v) is 2.83. The summed E-state index contributed by atoms with van der Waals surface area (Å²) in [6.07, 6.45) is 4.75. The molecular weight excluding hydrogens is 242 g/mol. The van der Waals surface area contributed by atoms with Crippen molar-refractivity contribution in [3.05, 3.63) is 23.8 Å². The number of hydrogen-bond acceptors (Lipinski definition) is 3. The number of amides is 1. The third kappa shape index (κ3) is 3.40. The summed E-state index contributed by atoms with van der Waals surface area (Å²) >= 11 is 0. The van der Waals surface area contributed by atoms with Crippen molar-refractivity contribution < 1.29 is 15.0 Å². The van der Waals surface area contributed by atoms with Gasteiger partial charge in [0.15, 0.2) is 0 Å². The van der Waals surface area contributed by atoms with Gasteiger partial charge < -0.3 is 15.5 Å².